The van der Waals surface area contributed by atoms with Crippen molar-refractivity contribution >= 4 is 5.78 Å². The lowest BCUT2D eigenvalue weighted by atomic mass is 9.85. The van der Waals surface area contributed by atoms with Crippen molar-refractivity contribution in [3.63, 3.8) is 0 Å². The number of aryl methyl sites for hydroxylation is 1. The topological polar surface area (TPSA) is 29.5 Å². The maximum atomic E-state index is 12.6. The molecule has 1 heterocycles. The highest BCUT2D eigenvalue weighted by Gasteiger charge is 2.34. The predicted octanol–water partition coefficient (Wildman–Crippen LogP) is 5.80. The Bertz CT molecular complexity index is 561. The van der Waals surface area contributed by atoms with E-state index in [1.807, 2.05) is 31.2 Å². The van der Waals surface area contributed by atoms with E-state index in [1.165, 1.54) is 25.8 Å². The van der Waals surface area contributed by atoms with Crippen molar-refractivity contribution in [3.8, 4) is 0 Å². The summed E-state index contributed by atoms with van der Waals surface area (Å²) in [6.45, 7) is 10.8. The third-order valence-electron chi connectivity index (χ3n) is 5.98. The summed E-state index contributed by atoms with van der Waals surface area (Å²) in [5.74, 6) is 0.275. The third kappa shape index (κ3) is 7.04. The average Bonchev–Trinajstić information content (AvgIpc) is 2.68. The summed E-state index contributed by atoms with van der Waals surface area (Å²) in [5, 5.41) is 0. The van der Waals surface area contributed by atoms with Crippen LogP contribution in [-0.4, -0.2) is 42.5 Å². The fourth-order valence-electron chi connectivity index (χ4n) is 4.06. The van der Waals surface area contributed by atoms with E-state index >= 15 is 0 Å². The molecule has 0 atom stereocenters. The number of hydrogen-bond donors (Lipinski definition) is 0. The van der Waals surface area contributed by atoms with Gasteiger partial charge in [-0.3, -0.25) is 4.79 Å². The fraction of sp³-hybridized carbons (Fsp3) is 0.708. The normalized spacial score (nSPS) is 17.1. The Morgan fingerprint density at radius 1 is 1.07 bits per heavy atom. The maximum Gasteiger partial charge on any atom is 0.163 e. The Kier molecular flexibility index (Phi) is 9.50. The van der Waals surface area contributed by atoms with Gasteiger partial charge < -0.3 is 9.64 Å². The molecule has 1 aromatic rings. The molecule has 0 amide bonds. The number of rotatable bonds is 12. The lowest BCUT2D eigenvalue weighted by Gasteiger charge is -2.42. The summed E-state index contributed by atoms with van der Waals surface area (Å²) in [4.78, 5) is 15.2. The van der Waals surface area contributed by atoms with E-state index < -0.39 is 0 Å². The molecular formula is C24H39NO2. The lowest BCUT2D eigenvalue weighted by Crippen LogP contribution is -2.46. The lowest BCUT2D eigenvalue weighted by molar-refractivity contribution is -0.0907. The van der Waals surface area contributed by atoms with Gasteiger partial charge in [0.05, 0.1) is 5.60 Å². The van der Waals surface area contributed by atoms with Gasteiger partial charge in [0.25, 0.3) is 0 Å². The summed E-state index contributed by atoms with van der Waals surface area (Å²) >= 11 is 0. The minimum Gasteiger partial charge on any atom is -0.375 e. The molecule has 1 aliphatic heterocycles. The van der Waals surface area contributed by atoms with Crippen molar-refractivity contribution in [1.82, 2.24) is 4.90 Å². The number of carbonyl (C=O) groups is 1. The first-order valence-corrected chi connectivity index (χ1v) is 11.1. The van der Waals surface area contributed by atoms with Crippen molar-refractivity contribution in [2.75, 3.05) is 26.2 Å². The van der Waals surface area contributed by atoms with Gasteiger partial charge in [0.1, 0.15) is 0 Å². The monoisotopic (exact) mass is 373 g/mol. The summed E-state index contributed by atoms with van der Waals surface area (Å²) in [6, 6.07) is 7.93. The summed E-state index contributed by atoms with van der Waals surface area (Å²) in [5.41, 5.74) is 1.96. The molecule has 1 aliphatic rings. The van der Waals surface area contributed by atoms with E-state index in [2.05, 4.69) is 18.7 Å². The number of carbonyl (C=O) groups excluding carboxylic acids is 1. The summed E-state index contributed by atoms with van der Waals surface area (Å²) in [6.07, 6.45) is 9.63. The molecule has 3 nitrogen and oxygen atoms in total. The number of ketones is 1. The number of ether oxygens (including phenoxy) is 1. The minimum atomic E-state index is -0.0100. The first-order chi connectivity index (χ1) is 13.1. The number of likely N-dealkylation sites (tertiary alicyclic amines) is 1. The Labute approximate surface area is 166 Å². The van der Waals surface area contributed by atoms with Crippen LogP contribution in [0, 0.1) is 6.92 Å². The van der Waals surface area contributed by atoms with E-state index in [0.717, 1.165) is 62.9 Å². The molecule has 152 valence electrons. The van der Waals surface area contributed by atoms with Crippen molar-refractivity contribution in [2.45, 2.75) is 84.2 Å². The molecule has 0 unspecified atom stereocenters. The molecule has 1 saturated heterocycles. The molecule has 0 N–H and O–H groups in total. The first-order valence-electron chi connectivity index (χ1n) is 11.1. The summed E-state index contributed by atoms with van der Waals surface area (Å²) < 4.78 is 6.44. The quantitative estimate of drug-likeness (QED) is 0.342. The predicted molar refractivity (Wildman–Crippen MR) is 114 cm³/mol. The van der Waals surface area contributed by atoms with E-state index in [0.29, 0.717) is 6.42 Å². The molecule has 2 rings (SSSR count). The third-order valence-corrected chi connectivity index (χ3v) is 5.98. The molecular weight excluding hydrogens is 334 g/mol. The molecule has 0 aromatic heterocycles. The Morgan fingerprint density at radius 2 is 1.78 bits per heavy atom. The molecule has 1 fully saturated rings. The van der Waals surface area contributed by atoms with Crippen LogP contribution in [0.15, 0.2) is 24.3 Å². The average molecular weight is 374 g/mol. The zero-order valence-corrected chi connectivity index (χ0v) is 17.8. The molecule has 0 radical (unpaired) electrons. The van der Waals surface area contributed by atoms with E-state index in [1.54, 1.807) is 0 Å². The first kappa shape index (κ1) is 22.1. The van der Waals surface area contributed by atoms with Gasteiger partial charge in [0, 0.05) is 31.7 Å². The van der Waals surface area contributed by atoms with Crippen LogP contribution in [0.2, 0.25) is 0 Å². The highest BCUT2D eigenvalue weighted by Crippen LogP contribution is 2.32. The molecule has 3 heteroatoms. The molecule has 27 heavy (non-hydrogen) atoms. The van der Waals surface area contributed by atoms with Gasteiger partial charge in [0.2, 0.25) is 0 Å². The Balaban J connectivity index is 1.87. The van der Waals surface area contributed by atoms with Crippen molar-refractivity contribution < 1.29 is 9.53 Å². The second-order valence-corrected chi connectivity index (χ2v) is 8.17. The zero-order chi connectivity index (χ0) is 19.5. The van der Waals surface area contributed by atoms with Crippen LogP contribution in [0.4, 0.5) is 0 Å². The second kappa shape index (κ2) is 11.6. The van der Waals surface area contributed by atoms with Crippen LogP contribution < -0.4 is 0 Å². The van der Waals surface area contributed by atoms with Gasteiger partial charge in [-0.15, -0.1) is 0 Å². The van der Waals surface area contributed by atoms with Crippen LogP contribution in [0.25, 0.3) is 0 Å². The zero-order valence-electron chi connectivity index (χ0n) is 17.8. The SMILES string of the molecule is CCCCOC1(CCCC(=O)c2ccccc2C)CCN(CCCC)CC1. The number of piperidine rings is 1. The van der Waals surface area contributed by atoms with Crippen LogP contribution in [0.5, 0.6) is 0 Å². The smallest absolute Gasteiger partial charge is 0.163 e. The highest BCUT2D eigenvalue weighted by atomic mass is 16.5. The van der Waals surface area contributed by atoms with Gasteiger partial charge in [-0.1, -0.05) is 51.0 Å². The fourth-order valence-corrected chi connectivity index (χ4v) is 4.06. The molecule has 0 bridgehead atoms. The second-order valence-electron chi connectivity index (χ2n) is 8.17. The van der Waals surface area contributed by atoms with E-state index in [-0.39, 0.29) is 11.4 Å². The molecule has 0 spiro atoms. The number of benzene rings is 1. The van der Waals surface area contributed by atoms with Crippen LogP contribution in [0.3, 0.4) is 0 Å². The van der Waals surface area contributed by atoms with E-state index in [4.69, 9.17) is 4.74 Å². The van der Waals surface area contributed by atoms with E-state index in [9.17, 15) is 4.79 Å². The van der Waals surface area contributed by atoms with Crippen LogP contribution >= 0.6 is 0 Å². The Hall–Kier alpha value is -1.19. The van der Waals surface area contributed by atoms with Gasteiger partial charge in [-0.2, -0.15) is 0 Å². The van der Waals surface area contributed by atoms with Gasteiger partial charge in [-0.25, -0.2) is 0 Å². The molecule has 0 saturated carbocycles. The number of Topliss-reactive ketones (excluding diaryl/α,β-unsaturated/α-hetero) is 1. The standard InChI is InChI=1S/C24H39NO2/c1-4-6-17-25-18-15-24(16-19-25,27-20-7-5-2)14-10-13-23(26)22-12-9-8-11-21(22)3/h8-9,11-12H,4-7,10,13-20H2,1-3H3. The Morgan fingerprint density at radius 3 is 2.44 bits per heavy atom. The van der Waals surface area contributed by atoms with Crippen molar-refractivity contribution in [2.24, 2.45) is 0 Å². The van der Waals surface area contributed by atoms with Gasteiger partial charge in [-0.05, 0) is 57.6 Å². The maximum absolute atomic E-state index is 12.6. The van der Waals surface area contributed by atoms with Gasteiger partial charge >= 0.3 is 0 Å². The number of unbranched alkanes of at least 4 members (excludes halogenated alkanes) is 2. The summed E-state index contributed by atoms with van der Waals surface area (Å²) in [7, 11) is 0. The molecule has 1 aromatic carbocycles. The van der Waals surface area contributed by atoms with Crippen LogP contribution in [0.1, 0.15) is 87.6 Å². The van der Waals surface area contributed by atoms with Gasteiger partial charge in [0.15, 0.2) is 5.78 Å². The van der Waals surface area contributed by atoms with Crippen LogP contribution in [-0.2, 0) is 4.74 Å². The molecule has 0 aliphatic carbocycles. The van der Waals surface area contributed by atoms with Crippen molar-refractivity contribution in [1.29, 1.82) is 0 Å². The number of hydrogen-bond acceptors (Lipinski definition) is 3. The highest BCUT2D eigenvalue weighted by molar-refractivity contribution is 5.97. The minimum absolute atomic E-state index is 0.0100. The van der Waals surface area contributed by atoms with Crippen molar-refractivity contribution in [3.05, 3.63) is 35.4 Å². The number of nitrogens with zero attached hydrogens (tertiary/aromatic N) is 1. The largest absolute Gasteiger partial charge is 0.375 e.